The zero-order valence-electron chi connectivity index (χ0n) is 10.6. The van der Waals surface area contributed by atoms with Crippen LogP contribution in [0.5, 0.6) is 0 Å². The van der Waals surface area contributed by atoms with Crippen LogP contribution in [0.15, 0.2) is 12.3 Å². The van der Waals surface area contributed by atoms with Crippen molar-refractivity contribution >= 4 is 8.80 Å². The molecule has 0 radical (unpaired) electrons. The minimum absolute atomic E-state index is 0.732. The summed E-state index contributed by atoms with van der Waals surface area (Å²) in [6.07, 6.45) is 4.77. The number of rotatable bonds is 11. The lowest BCUT2D eigenvalue weighted by molar-refractivity contribution is -0.615. The second-order valence-corrected chi connectivity index (χ2v) is 6.05. The van der Waals surface area contributed by atoms with Crippen LogP contribution in [-0.2, 0) is 33.1 Å². The SMILES string of the molecule is COOOOC=CCCC[Si](OC)(OC)OC. The monoisotopic (exact) mass is 268 g/mol. The molecule has 0 spiro atoms. The summed E-state index contributed by atoms with van der Waals surface area (Å²) < 4.78 is 15.8. The predicted octanol–water partition coefficient (Wildman–Crippen LogP) is 1.60. The van der Waals surface area contributed by atoms with Gasteiger partial charge in [0.2, 0.25) is 0 Å². The molecular weight excluding hydrogens is 248 g/mol. The molecular formula is C9H20O7Si. The highest BCUT2D eigenvalue weighted by molar-refractivity contribution is 6.60. The second-order valence-electron chi connectivity index (χ2n) is 2.96. The fourth-order valence-corrected chi connectivity index (χ4v) is 2.92. The van der Waals surface area contributed by atoms with Crippen molar-refractivity contribution in [1.82, 2.24) is 0 Å². The minimum atomic E-state index is -2.45. The number of hydrogen-bond acceptors (Lipinski definition) is 7. The molecule has 0 aromatic heterocycles. The third kappa shape index (κ3) is 7.44. The summed E-state index contributed by atoms with van der Waals surface area (Å²) in [5.41, 5.74) is 0. The summed E-state index contributed by atoms with van der Waals surface area (Å²) in [7, 11) is 3.63. The first-order valence-electron chi connectivity index (χ1n) is 5.08. The fraction of sp³-hybridized carbons (Fsp3) is 0.778. The van der Waals surface area contributed by atoms with Crippen LogP contribution in [-0.4, -0.2) is 37.2 Å². The summed E-state index contributed by atoms with van der Waals surface area (Å²) in [6.45, 7) is 0. The second kappa shape index (κ2) is 10.7. The van der Waals surface area contributed by atoms with Crippen LogP contribution in [0.25, 0.3) is 0 Å². The van der Waals surface area contributed by atoms with E-state index in [1.165, 1.54) is 13.4 Å². The molecule has 0 atom stereocenters. The Kier molecular flexibility index (Phi) is 10.4. The molecule has 0 heterocycles. The average Bonchev–Trinajstić information content (AvgIpc) is 2.38. The van der Waals surface area contributed by atoms with Gasteiger partial charge in [0.25, 0.3) is 0 Å². The van der Waals surface area contributed by atoms with E-state index in [2.05, 4.69) is 19.9 Å². The number of hydrogen-bond donors (Lipinski definition) is 0. The highest BCUT2D eigenvalue weighted by Gasteiger charge is 2.36. The molecule has 0 aliphatic carbocycles. The Hall–Kier alpha value is -0.483. The van der Waals surface area contributed by atoms with Crippen molar-refractivity contribution in [2.45, 2.75) is 18.9 Å². The first-order valence-corrected chi connectivity index (χ1v) is 7.01. The Morgan fingerprint density at radius 3 is 2.12 bits per heavy atom. The average molecular weight is 268 g/mol. The Morgan fingerprint density at radius 1 is 0.941 bits per heavy atom. The van der Waals surface area contributed by atoms with Gasteiger partial charge in [-0.3, -0.25) is 0 Å². The molecule has 0 aromatic rings. The molecule has 7 nitrogen and oxygen atoms in total. The third-order valence-corrected chi connectivity index (χ3v) is 4.91. The van der Waals surface area contributed by atoms with E-state index < -0.39 is 8.80 Å². The van der Waals surface area contributed by atoms with E-state index in [4.69, 9.17) is 13.3 Å². The summed E-state index contributed by atoms with van der Waals surface area (Å²) >= 11 is 0. The quantitative estimate of drug-likeness (QED) is 0.185. The smallest absolute Gasteiger partial charge is 0.377 e. The van der Waals surface area contributed by atoms with Crippen LogP contribution >= 0.6 is 0 Å². The standard InChI is InChI=1S/C9H20O7Si/c1-10-15-16-14-8-6-5-7-9-17(11-2,12-3)13-4/h6,8H,5,7,9H2,1-4H3. The Balaban J connectivity index is 3.61. The van der Waals surface area contributed by atoms with Crippen molar-refractivity contribution in [3.8, 4) is 0 Å². The molecule has 0 saturated heterocycles. The molecule has 0 saturated carbocycles. The highest BCUT2D eigenvalue weighted by atomic mass is 28.4. The summed E-state index contributed by atoms with van der Waals surface area (Å²) in [5.74, 6) is 0. The lowest BCUT2D eigenvalue weighted by Crippen LogP contribution is -2.42. The lowest BCUT2D eigenvalue weighted by Gasteiger charge is -2.23. The molecule has 0 bridgehead atoms. The van der Waals surface area contributed by atoms with Crippen molar-refractivity contribution in [2.75, 3.05) is 28.4 Å². The largest absolute Gasteiger partial charge is 0.500 e. The number of allylic oxidation sites excluding steroid dienone is 1. The van der Waals surface area contributed by atoms with Crippen LogP contribution in [0.1, 0.15) is 12.8 Å². The first kappa shape index (κ1) is 16.5. The molecule has 0 fully saturated rings. The lowest BCUT2D eigenvalue weighted by atomic mass is 10.3. The molecule has 0 rings (SSSR count). The van der Waals surface area contributed by atoms with Gasteiger partial charge in [-0.15, -0.1) is 0 Å². The van der Waals surface area contributed by atoms with Gasteiger partial charge in [-0.1, -0.05) is 0 Å². The molecule has 102 valence electrons. The van der Waals surface area contributed by atoms with Crippen LogP contribution in [0.2, 0.25) is 6.04 Å². The normalized spacial score (nSPS) is 12.2. The summed E-state index contributed by atoms with van der Waals surface area (Å²) in [4.78, 5) is 8.61. The van der Waals surface area contributed by atoms with E-state index in [1.807, 2.05) is 0 Å². The fourth-order valence-electron chi connectivity index (χ4n) is 1.17. The van der Waals surface area contributed by atoms with E-state index in [0.717, 1.165) is 18.9 Å². The molecule has 8 heteroatoms. The molecule has 0 unspecified atom stereocenters. The van der Waals surface area contributed by atoms with Gasteiger partial charge in [-0.25, -0.2) is 4.89 Å². The van der Waals surface area contributed by atoms with E-state index >= 15 is 0 Å². The van der Waals surface area contributed by atoms with Crippen LogP contribution in [0, 0.1) is 0 Å². The van der Waals surface area contributed by atoms with Gasteiger partial charge in [-0.05, 0) is 24.0 Å². The van der Waals surface area contributed by atoms with Gasteiger partial charge in [0.15, 0.2) is 0 Å². The van der Waals surface area contributed by atoms with Gasteiger partial charge < -0.3 is 18.2 Å². The third-order valence-electron chi connectivity index (χ3n) is 2.07. The van der Waals surface area contributed by atoms with E-state index in [0.29, 0.717) is 0 Å². The van der Waals surface area contributed by atoms with Gasteiger partial charge >= 0.3 is 8.80 Å². The predicted molar refractivity (Wildman–Crippen MR) is 60.2 cm³/mol. The van der Waals surface area contributed by atoms with Crippen LogP contribution < -0.4 is 0 Å². The van der Waals surface area contributed by atoms with E-state index in [1.54, 1.807) is 27.4 Å². The molecule has 0 aliphatic rings. The molecule has 0 N–H and O–H groups in total. The first-order chi connectivity index (χ1) is 8.24. The van der Waals surface area contributed by atoms with Crippen molar-refractivity contribution < 1.29 is 33.1 Å². The highest BCUT2D eigenvalue weighted by Crippen LogP contribution is 2.16. The molecule has 0 aliphatic heterocycles. The molecule has 0 amide bonds. The Labute approximate surface area is 102 Å². The van der Waals surface area contributed by atoms with Crippen LogP contribution in [0.4, 0.5) is 0 Å². The zero-order valence-corrected chi connectivity index (χ0v) is 11.6. The topological polar surface area (TPSA) is 64.6 Å². The van der Waals surface area contributed by atoms with Gasteiger partial charge in [0, 0.05) is 32.4 Å². The van der Waals surface area contributed by atoms with Crippen molar-refractivity contribution in [2.24, 2.45) is 0 Å². The van der Waals surface area contributed by atoms with Crippen molar-refractivity contribution in [3.63, 3.8) is 0 Å². The molecule has 0 aromatic carbocycles. The number of unbranched alkanes of at least 4 members (excludes halogenated alkanes) is 1. The van der Waals surface area contributed by atoms with Crippen molar-refractivity contribution in [1.29, 1.82) is 0 Å². The Morgan fingerprint density at radius 2 is 1.59 bits per heavy atom. The van der Waals surface area contributed by atoms with E-state index in [-0.39, 0.29) is 0 Å². The zero-order chi connectivity index (χ0) is 13.0. The maximum absolute atomic E-state index is 5.27. The van der Waals surface area contributed by atoms with Crippen LogP contribution in [0.3, 0.4) is 0 Å². The summed E-state index contributed by atoms with van der Waals surface area (Å²) in [6, 6.07) is 0.732. The summed E-state index contributed by atoms with van der Waals surface area (Å²) in [5, 5.41) is 8.14. The Bertz CT molecular complexity index is 188. The van der Waals surface area contributed by atoms with Crippen molar-refractivity contribution in [3.05, 3.63) is 12.3 Å². The van der Waals surface area contributed by atoms with Gasteiger partial charge in [0.1, 0.15) is 6.26 Å². The minimum Gasteiger partial charge on any atom is -0.377 e. The molecule has 17 heavy (non-hydrogen) atoms. The van der Waals surface area contributed by atoms with Gasteiger partial charge in [-0.2, -0.15) is 0 Å². The maximum Gasteiger partial charge on any atom is 0.500 e. The maximum atomic E-state index is 5.27. The van der Waals surface area contributed by atoms with E-state index in [9.17, 15) is 0 Å². The van der Waals surface area contributed by atoms with Gasteiger partial charge in [0.05, 0.1) is 7.11 Å².